The molecule has 1 aromatic heterocycles. The van der Waals surface area contributed by atoms with E-state index in [1.807, 2.05) is 0 Å². The van der Waals surface area contributed by atoms with Crippen molar-refractivity contribution in [3.05, 3.63) is 56.2 Å². The molecule has 0 saturated heterocycles. The molecule has 1 heterocycles. The molecule has 0 spiro atoms. The van der Waals surface area contributed by atoms with E-state index in [9.17, 15) is 14.9 Å². The molecule has 108 valence electrons. The summed E-state index contributed by atoms with van der Waals surface area (Å²) in [4.78, 5) is 24.9. The van der Waals surface area contributed by atoms with E-state index in [-0.39, 0.29) is 27.4 Å². The van der Waals surface area contributed by atoms with E-state index in [2.05, 4.69) is 4.98 Å². The number of nitro benzene ring substituents is 1. The van der Waals surface area contributed by atoms with Crippen LogP contribution in [0.15, 0.2) is 30.3 Å². The molecule has 0 aliphatic heterocycles. The zero-order valence-corrected chi connectivity index (χ0v) is 11.6. The van der Waals surface area contributed by atoms with E-state index >= 15 is 0 Å². The first kappa shape index (κ1) is 15.0. The van der Waals surface area contributed by atoms with Crippen LogP contribution in [0.3, 0.4) is 0 Å². The maximum atomic E-state index is 10.9. The van der Waals surface area contributed by atoms with Crippen LogP contribution in [0.1, 0.15) is 10.5 Å². The summed E-state index contributed by atoms with van der Waals surface area (Å²) in [6.07, 6.45) is 0. The number of halogens is 2. The van der Waals surface area contributed by atoms with Crippen molar-refractivity contribution >= 4 is 34.9 Å². The molecule has 2 aromatic rings. The van der Waals surface area contributed by atoms with Crippen molar-refractivity contribution in [2.24, 2.45) is 0 Å². The van der Waals surface area contributed by atoms with Crippen LogP contribution in [0.25, 0.3) is 0 Å². The maximum Gasteiger partial charge on any atom is 0.356 e. The molecule has 0 aliphatic rings. The van der Waals surface area contributed by atoms with E-state index < -0.39 is 16.6 Å². The Morgan fingerprint density at radius 1 is 1.24 bits per heavy atom. The standard InChI is InChI=1S/C12H6Cl2N2O5/c13-6-4-5-9(15-10(6)12(17)18)21-11-7(14)2-1-3-8(11)16(19)20/h1-5H,(H,17,18). The Morgan fingerprint density at radius 3 is 2.57 bits per heavy atom. The monoisotopic (exact) mass is 328 g/mol. The number of para-hydroxylation sites is 1. The molecule has 2 rings (SSSR count). The summed E-state index contributed by atoms with van der Waals surface area (Å²) in [5.74, 6) is -1.75. The molecule has 0 unspecified atom stereocenters. The van der Waals surface area contributed by atoms with E-state index in [0.29, 0.717) is 0 Å². The number of carboxylic acid groups (broad SMARTS) is 1. The lowest BCUT2D eigenvalue weighted by molar-refractivity contribution is -0.385. The Labute approximate surface area is 127 Å². The minimum Gasteiger partial charge on any atom is -0.476 e. The zero-order valence-electron chi connectivity index (χ0n) is 10.1. The van der Waals surface area contributed by atoms with Crippen molar-refractivity contribution in [2.75, 3.05) is 0 Å². The lowest BCUT2D eigenvalue weighted by atomic mass is 10.3. The largest absolute Gasteiger partial charge is 0.476 e. The van der Waals surface area contributed by atoms with Crippen LogP contribution in [-0.4, -0.2) is 21.0 Å². The number of pyridine rings is 1. The van der Waals surface area contributed by atoms with Gasteiger partial charge in [0.1, 0.15) is 0 Å². The average molecular weight is 329 g/mol. The molecular formula is C12H6Cl2N2O5. The van der Waals surface area contributed by atoms with E-state index in [1.54, 1.807) is 0 Å². The molecular weight excluding hydrogens is 323 g/mol. The number of nitro groups is 1. The summed E-state index contributed by atoms with van der Waals surface area (Å²) >= 11 is 11.5. The van der Waals surface area contributed by atoms with E-state index in [4.69, 9.17) is 33.0 Å². The molecule has 21 heavy (non-hydrogen) atoms. The third kappa shape index (κ3) is 3.21. The highest BCUT2D eigenvalue weighted by molar-refractivity contribution is 6.33. The van der Waals surface area contributed by atoms with Gasteiger partial charge in [-0.15, -0.1) is 0 Å². The number of rotatable bonds is 4. The Bertz CT molecular complexity index is 736. The van der Waals surface area contributed by atoms with Crippen LogP contribution < -0.4 is 4.74 Å². The van der Waals surface area contributed by atoms with Crippen LogP contribution in [-0.2, 0) is 0 Å². The number of hydrogen-bond donors (Lipinski definition) is 1. The maximum absolute atomic E-state index is 10.9. The summed E-state index contributed by atoms with van der Waals surface area (Å²) in [5.41, 5.74) is -0.792. The summed E-state index contributed by atoms with van der Waals surface area (Å²) in [6.45, 7) is 0. The highest BCUT2D eigenvalue weighted by Gasteiger charge is 2.20. The summed E-state index contributed by atoms with van der Waals surface area (Å²) in [5, 5.41) is 19.8. The van der Waals surface area contributed by atoms with Gasteiger partial charge in [0.05, 0.1) is 15.0 Å². The van der Waals surface area contributed by atoms with Crippen molar-refractivity contribution in [1.82, 2.24) is 4.98 Å². The zero-order chi connectivity index (χ0) is 15.6. The lowest BCUT2D eigenvalue weighted by Crippen LogP contribution is -2.03. The van der Waals surface area contributed by atoms with Crippen LogP contribution >= 0.6 is 23.2 Å². The number of hydrogen-bond acceptors (Lipinski definition) is 5. The molecule has 0 saturated carbocycles. The molecule has 0 radical (unpaired) electrons. The second-order valence-corrected chi connectivity index (χ2v) is 4.55. The summed E-state index contributed by atoms with van der Waals surface area (Å²) in [7, 11) is 0. The van der Waals surface area contributed by atoms with Crippen LogP contribution in [0.5, 0.6) is 11.6 Å². The topological polar surface area (TPSA) is 103 Å². The van der Waals surface area contributed by atoms with Gasteiger partial charge in [-0.25, -0.2) is 9.78 Å². The highest BCUT2D eigenvalue weighted by atomic mass is 35.5. The summed E-state index contributed by atoms with van der Waals surface area (Å²) < 4.78 is 5.24. The minimum absolute atomic E-state index is 0.00201. The van der Waals surface area contributed by atoms with Crippen LogP contribution in [0, 0.1) is 10.1 Å². The molecule has 7 nitrogen and oxygen atoms in total. The third-order valence-electron chi connectivity index (χ3n) is 2.37. The number of ether oxygens (including phenoxy) is 1. The van der Waals surface area contributed by atoms with Gasteiger partial charge in [0.15, 0.2) is 5.69 Å². The predicted molar refractivity (Wildman–Crippen MR) is 74.4 cm³/mol. The molecule has 0 aliphatic carbocycles. The van der Waals surface area contributed by atoms with Crippen molar-refractivity contribution in [3.8, 4) is 11.6 Å². The van der Waals surface area contributed by atoms with Crippen molar-refractivity contribution in [1.29, 1.82) is 0 Å². The van der Waals surface area contributed by atoms with Gasteiger partial charge in [-0.3, -0.25) is 10.1 Å². The number of carbonyl (C=O) groups is 1. The molecule has 1 N–H and O–H groups in total. The molecule has 0 amide bonds. The van der Waals surface area contributed by atoms with Crippen LogP contribution in [0.2, 0.25) is 10.0 Å². The Hall–Kier alpha value is -2.38. The SMILES string of the molecule is O=C(O)c1nc(Oc2c(Cl)cccc2[N+](=O)[O-])ccc1Cl. The van der Waals surface area contributed by atoms with Gasteiger partial charge in [0.2, 0.25) is 11.6 Å². The first-order chi connectivity index (χ1) is 9.90. The quantitative estimate of drug-likeness (QED) is 0.676. The van der Waals surface area contributed by atoms with Crippen LogP contribution in [0.4, 0.5) is 5.69 Å². The van der Waals surface area contributed by atoms with Crippen molar-refractivity contribution in [3.63, 3.8) is 0 Å². The van der Waals surface area contributed by atoms with Gasteiger partial charge in [-0.2, -0.15) is 0 Å². The number of carboxylic acids is 1. The smallest absolute Gasteiger partial charge is 0.356 e. The molecule has 0 bridgehead atoms. The molecule has 0 fully saturated rings. The predicted octanol–water partition coefficient (Wildman–Crippen LogP) is 3.79. The fourth-order valence-electron chi connectivity index (χ4n) is 1.48. The van der Waals surface area contributed by atoms with Gasteiger partial charge in [0, 0.05) is 12.1 Å². The van der Waals surface area contributed by atoms with E-state index in [0.717, 1.165) is 0 Å². The third-order valence-corrected chi connectivity index (χ3v) is 2.98. The molecule has 9 heteroatoms. The van der Waals surface area contributed by atoms with Crippen molar-refractivity contribution in [2.45, 2.75) is 0 Å². The molecule has 0 atom stereocenters. The Kier molecular flexibility index (Phi) is 4.25. The second kappa shape index (κ2) is 5.94. The van der Waals surface area contributed by atoms with Gasteiger partial charge in [-0.1, -0.05) is 29.3 Å². The number of aromatic nitrogens is 1. The number of nitrogens with zero attached hydrogens (tertiary/aromatic N) is 2. The molecule has 1 aromatic carbocycles. The normalized spacial score (nSPS) is 10.2. The number of benzene rings is 1. The van der Waals surface area contributed by atoms with Gasteiger partial charge in [-0.05, 0) is 12.1 Å². The van der Waals surface area contributed by atoms with Gasteiger partial charge in [0.25, 0.3) is 0 Å². The lowest BCUT2D eigenvalue weighted by Gasteiger charge is -2.08. The second-order valence-electron chi connectivity index (χ2n) is 3.73. The Balaban J connectivity index is 2.46. The summed E-state index contributed by atoms with van der Waals surface area (Å²) in [6, 6.07) is 6.54. The highest BCUT2D eigenvalue weighted by Crippen LogP contribution is 2.37. The number of aromatic carboxylic acids is 1. The first-order valence-corrected chi connectivity index (χ1v) is 6.16. The van der Waals surface area contributed by atoms with Gasteiger partial charge < -0.3 is 9.84 Å². The fraction of sp³-hybridized carbons (Fsp3) is 0. The Morgan fingerprint density at radius 2 is 1.95 bits per heavy atom. The fourth-order valence-corrected chi connectivity index (χ4v) is 1.87. The van der Waals surface area contributed by atoms with Crippen molar-refractivity contribution < 1.29 is 19.6 Å². The first-order valence-electron chi connectivity index (χ1n) is 5.40. The average Bonchev–Trinajstić information content (AvgIpc) is 2.42. The van der Waals surface area contributed by atoms with E-state index in [1.165, 1.54) is 30.3 Å². The van der Waals surface area contributed by atoms with Gasteiger partial charge >= 0.3 is 11.7 Å². The minimum atomic E-state index is -1.35.